The molecule has 2 N–H and O–H groups in total. The molecule has 0 atom stereocenters. The van der Waals surface area contributed by atoms with Gasteiger partial charge in [0.1, 0.15) is 0 Å². The van der Waals surface area contributed by atoms with Gasteiger partial charge >= 0.3 is 0 Å². The molecular formula is C21H22ClN7. The van der Waals surface area contributed by atoms with Crippen LogP contribution in [0.1, 0.15) is 36.8 Å². The number of H-pyrrole nitrogens is 1. The highest BCUT2D eigenvalue weighted by molar-refractivity contribution is 6.30. The Balaban J connectivity index is 1.62. The summed E-state index contributed by atoms with van der Waals surface area (Å²) in [5.41, 5.74) is 1.89. The number of aromatic nitrogens is 5. The first-order valence-corrected chi connectivity index (χ1v) is 9.97. The fourth-order valence-electron chi connectivity index (χ4n) is 3.13. The van der Waals surface area contributed by atoms with Crippen LogP contribution in [0.15, 0.2) is 36.4 Å². The maximum absolute atomic E-state index is 6.07. The van der Waals surface area contributed by atoms with Crippen LogP contribution in [0.4, 0.5) is 17.7 Å². The third kappa shape index (κ3) is 5.00. The number of anilines is 3. The van der Waals surface area contributed by atoms with E-state index >= 15 is 0 Å². The molecule has 0 radical (unpaired) electrons. The van der Waals surface area contributed by atoms with E-state index in [-0.39, 0.29) is 0 Å². The van der Waals surface area contributed by atoms with Gasteiger partial charge in [-0.3, -0.25) is 5.10 Å². The summed E-state index contributed by atoms with van der Waals surface area (Å²) < 4.78 is 0. The van der Waals surface area contributed by atoms with E-state index in [0.29, 0.717) is 28.6 Å². The van der Waals surface area contributed by atoms with E-state index < -0.39 is 0 Å². The van der Waals surface area contributed by atoms with Gasteiger partial charge in [-0.1, -0.05) is 35.9 Å². The van der Waals surface area contributed by atoms with E-state index in [1.54, 1.807) is 0 Å². The molecule has 3 heterocycles. The van der Waals surface area contributed by atoms with Gasteiger partial charge in [-0.25, -0.2) is 0 Å². The first-order valence-electron chi connectivity index (χ1n) is 9.59. The van der Waals surface area contributed by atoms with Gasteiger partial charge in [0.05, 0.1) is 5.69 Å². The number of halogens is 1. The number of aromatic amines is 1. The molecule has 2 aromatic heterocycles. The summed E-state index contributed by atoms with van der Waals surface area (Å²) in [4.78, 5) is 16.0. The number of hydrogen-bond acceptors (Lipinski definition) is 6. The Hall–Kier alpha value is -3.19. The number of benzene rings is 1. The molecule has 0 bridgehead atoms. The molecule has 1 aliphatic rings. The Morgan fingerprint density at radius 1 is 1.07 bits per heavy atom. The Labute approximate surface area is 174 Å². The first-order chi connectivity index (χ1) is 14.2. The van der Waals surface area contributed by atoms with Crippen molar-refractivity contribution in [2.75, 3.05) is 23.3 Å². The molecule has 29 heavy (non-hydrogen) atoms. The summed E-state index contributed by atoms with van der Waals surface area (Å²) in [6.07, 6.45) is 10.00. The van der Waals surface area contributed by atoms with Crippen molar-refractivity contribution in [3.63, 3.8) is 0 Å². The minimum absolute atomic E-state index is 0.464. The van der Waals surface area contributed by atoms with Crippen LogP contribution in [0.25, 0.3) is 18.2 Å². The predicted molar refractivity (Wildman–Crippen MR) is 118 cm³/mol. The number of allylic oxidation sites excluding steroid dienone is 1. The highest BCUT2D eigenvalue weighted by atomic mass is 35.5. The molecule has 0 amide bonds. The lowest BCUT2D eigenvalue weighted by atomic mass is 10.2. The van der Waals surface area contributed by atoms with E-state index in [9.17, 15) is 0 Å². The van der Waals surface area contributed by atoms with Gasteiger partial charge in [-0.15, -0.1) is 0 Å². The highest BCUT2D eigenvalue weighted by Gasteiger charge is 2.17. The normalized spacial score (nSPS) is 14.3. The van der Waals surface area contributed by atoms with Crippen molar-refractivity contribution in [3.05, 3.63) is 58.5 Å². The van der Waals surface area contributed by atoms with Crippen LogP contribution >= 0.6 is 11.6 Å². The molecule has 1 fully saturated rings. The van der Waals surface area contributed by atoms with Gasteiger partial charge < -0.3 is 10.2 Å². The summed E-state index contributed by atoms with van der Waals surface area (Å²) in [5, 5.41) is 11.1. The maximum Gasteiger partial charge on any atom is 0.233 e. The lowest BCUT2D eigenvalue weighted by Crippen LogP contribution is -2.21. The van der Waals surface area contributed by atoms with Crippen LogP contribution in [-0.4, -0.2) is 38.2 Å². The molecule has 0 aliphatic carbocycles. The maximum atomic E-state index is 6.07. The third-order valence-electron chi connectivity index (χ3n) is 4.49. The minimum atomic E-state index is 0.464. The molecule has 4 rings (SSSR count). The predicted octanol–water partition coefficient (Wildman–Crippen LogP) is 4.80. The average molecular weight is 408 g/mol. The van der Waals surface area contributed by atoms with Crippen molar-refractivity contribution < 1.29 is 0 Å². The second-order valence-corrected chi connectivity index (χ2v) is 7.17. The van der Waals surface area contributed by atoms with Gasteiger partial charge in [0.2, 0.25) is 11.9 Å². The monoisotopic (exact) mass is 407 g/mol. The molecule has 0 spiro atoms. The molecule has 148 valence electrons. The third-order valence-corrected chi connectivity index (χ3v) is 4.72. The molecule has 0 unspecified atom stereocenters. The van der Waals surface area contributed by atoms with Crippen LogP contribution in [0.2, 0.25) is 5.02 Å². The molecule has 7 nitrogen and oxygen atoms in total. The fourth-order valence-corrected chi connectivity index (χ4v) is 3.33. The Morgan fingerprint density at radius 2 is 1.93 bits per heavy atom. The molecule has 0 saturated carbocycles. The van der Waals surface area contributed by atoms with Gasteiger partial charge in [0.15, 0.2) is 11.6 Å². The zero-order valence-electron chi connectivity index (χ0n) is 16.1. The molecule has 1 aliphatic heterocycles. The van der Waals surface area contributed by atoms with Crippen molar-refractivity contribution >= 4 is 47.5 Å². The zero-order valence-corrected chi connectivity index (χ0v) is 16.9. The highest BCUT2D eigenvalue weighted by Crippen LogP contribution is 2.20. The largest absolute Gasteiger partial charge is 0.341 e. The SMILES string of the molecule is C/C=C/c1cc(Nc2nc(/C=C/c3cccc(Cl)c3)nc(N3CCCC3)n2)n[nH]1. The number of nitrogens with zero attached hydrogens (tertiary/aromatic N) is 5. The van der Waals surface area contributed by atoms with Crippen LogP contribution in [0.3, 0.4) is 0 Å². The van der Waals surface area contributed by atoms with Crippen LogP contribution < -0.4 is 10.2 Å². The standard InChI is InChI=1S/C21H22ClN7/c1-2-6-17-14-19(28-27-17)24-20-23-18(10-9-15-7-5-8-16(22)13-15)25-21(26-20)29-11-3-4-12-29/h2,5-10,13-14H,3-4,11-12H2,1H3,(H2,23,24,25,26,27,28)/b6-2+,10-9+. The fraction of sp³-hybridized carbons (Fsp3) is 0.238. The first kappa shape index (κ1) is 19.1. The summed E-state index contributed by atoms with van der Waals surface area (Å²) >= 11 is 6.07. The summed E-state index contributed by atoms with van der Waals surface area (Å²) in [6, 6.07) is 9.54. The van der Waals surface area contributed by atoms with E-state index in [2.05, 4.69) is 35.4 Å². The van der Waals surface area contributed by atoms with Crippen molar-refractivity contribution in [2.24, 2.45) is 0 Å². The van der Waals surface area contributed by atoms with E-state index in [1.165, 1.54) is 0 Å². The Kier molecular flexibility index (Phi) is 5.86. The summed E-state index contributed by atoms with van der Waals surface area (Å²) in [7, 11) is 0. The van der Waals surface area contributed by atoms with Gasteiger partial charge in [0.25, 0.3) is 0 Å². The Bertz CT molecular complexity index is 1040. The topological polar surface area (TPSA) is 82.6 Å². The van der Waals surface area contributed by atoms with Gasteiger partial charge in [-0.05, 0) is 49.6 Å². The Morgan fingerprint density at radius 3 is 2.72 bits per heavy atom. The van der Waals surface area contributed by atoms with Crippen LogP contribution in [0.5, 0.6) is 0 Å². The summed E-state index contributed by atoms with van der Waals surface area (Å²) in [5.74, 6) is 2.37. The zero-order chi connectivity index (χ0) is 20.1. The van der Waals surface area contributed by atoms with E-state index in [1.807, 2.05) is 61.6 Å². The number of hydrogen-bond donors (Lipinski definition) is 2. The van der Waals surface area contributed by atoms with E-state index in [4.69, 9.17) is 11.6 Å². The summed E-state index contributed by atoms with van der Waals surface area (Å²) in [6.45, 7) is 3.87. The smallest absolute Gasteiger partial charge is 0.233 e. The average Bonchev–Trinajstić information content (AvgIpc) is 3.39. The lowest BCUT2D eigenvalue weighted by molar-refractivity contribution is 0.877. The minimum Gasteiger partial charge on any atom is -0.341 e. The molecule has 1 saturated heterocycles. The second kappa shape index (κ2) is 8.87. The van der Waals surface area contributed by atoms with Crippen molar-refractivity contribution in [1.29, 1.82) is 0 Å². The second-order valence-electron chi connectivity index (χ2n) is 6.73. The van der Waals surface area contributed by atoms with Crippen LogP contribution in [-0.2, 0) is 0 Å². The van der Waals surface area contributed by atoms with Crippen molar-refractivity contribution in [2.45, 2.75) is 19.8 Å². The van der Waals surface area contributed by atoms with Crippen molar-refractivity contribution in [1.82, 2.24) is 25.1 Å². The van der Waals surface area contributed by atoms with Crippen LogP contribution in [0, 0.1) is 0 Å². The van der Waals surface area contributed by atoms with E-state index in [0.717, 1.165) is 37.2 Å². The van der Waals surface area contributed by atoms with Gasteiger partial charge in [0, 0.05) is 24.2 Å². The quantitative estimate of drug-likeness (QED) is 0.611. The molecule has 3 aromatic rings. The molecule has 8 heteroatoms. The molecule has 1 aromatic carbocycles. The van der Waals surface area contributed by atoms with Gasteiger partial charge in [-0.2, -0.15) is 20.1 Å². The molecular weight excluding hydrogens is 386 g/mol. The lowest BCUT2D eigenvalue weighted by Gasteiger charge is -2.16. The number of rotatable bonds is 6. The van der Waals surface area contributed by atoms with Crippen molar-refractivity contribution in [3.8, 4) is 0 Å². The number of nitrogens with one attached hydrogen (secondary N) is 2.